The normalized spacial score (nSPS) is 13.6. The minimum absolute atomic E-state index is 0.204. The van der Waals surface area contributed by atoms with Crippen LogP contribution in [0.4, 0.5) is 16.0 Å². The minimum Gasteiger partial charge on any atom is -0.378 e. The van der Waals surface area contributed by atoms with Crippen molar-refractivity contribution in [3.05, 3.63) is 106 Å². The van der Waals surface area contributed by atoms with Crippen LogP contribution in [0.3, 0.4) is 0 Å². The molecule has 1 N–H and O–H groups in total. The van der Waals surface area contributed by atoms with Crippen molar-refractivity contribution in [3.8, 4) is 0 Å². The highest BCUT2D eigenvalue weighted by molar-refractivity contribution is 6.31. The number of hydrogen-bond donors (Lipinski definition) is 1. The van der Waals surface area contributed by atoms with Crippen LogP contribution in [0.1, 0.15) is 27.9 Å². The standard InChI is InChI=1S/C30H29ClFN7O/c1-20-5-10-26(31)24(28(20)32)16-33-29-25-18-39(37-30(25)35-19-34-29)17-22-8-6-21(7-9-22)15-23-3-2-4-27(36-23)38-11-13-40-14-12-38/h2-10,18-19H,11-17H2,1H3,(H,33,34,35,37). The molecule has 0 spiro atoms. The maximum Gasteiger partial charge on any atom is 0.186 e. The molecule has 0 aliphatic carbocycles. The molecule has 1 aliphatic rings. The van der Waals surface area contributed by atoms with Crippen LogP contribution >= 0.6 is 11.6 Å². The third-order valence-electron chi connectivity index (χ3n) is 7.06. The second-order valence-corrected chi connectivity index (χ2v) is 10.3. The van der Waals surface area contributed by atoms with E-state index in [1.54, 1.807) is 19.1 Å². The van der Waals surface area contributed by atoms with Gasteiger partial charge in [-0.15, -0.1) is 0 Å². The molecule has 1 fully saturated rings. The van der Waals surface area contributed by atoms with E-state index < -0.39 is 0 Å². The lowest BCUT2D eigenvalue weighted by atomic mass is 10.1. The van der Waals surface area contributed by atoms with Crippen LogP contribution in [-0.2, 0) is 24.2 Å². The first-order valence-corrected chi connectivity index (χ1v) is 13.6. The quantitative estimate of drug-likeness (QED) is 0.273. The first-order chi connectivity index (χ1) is 19.5. The van der Waals surface area contributed by atoms with Crippen LogP contribution < -0.4 is 10.2 Å². The van der Waals surface area contributed by atoms with Gasteiger partial charge in [-0.05, 0) is 41.8 Å². The number of benzene rings is 2. The molecule has 4 heterocycles. The number of aromatic nitrogens is 5. The average molecular weight is 558 g/mol. The molecule has 0 atom stereocenters. The lowest BCUT2D eigenvalue weighted by Gasteiger charge is -2.28. The van der Waals surface area contributed by atoms with Gasteiger partial charge in [0, 0.05) is 48.5 Å². The Balaban J connectivity index is 1.13. The van der Waals surface area contributed by atoms with E-state index in [0.29, 0.717) is 34.2 Å². The molecule has 1 aliphatic heterocycles. The highest BCUT2D eigenvalue weighted by atomic mass is 35.5. The summed E-state index contributed by atoms with van der Waals surface area (Å²) < 4.78 is 21.9. The van der Waals surface area contributed by atoms with Gasteiger partial charge < -0.3 is 15.0 Å². The molecule has 0 bridgehead atoms. The van der Waals surface area contributed by atoms with Gasteiger partial charge in [-0.2, -0.15) is 5.10 Å². The maximum absolute atomic E-state index is 14.6. The second-order valence-electron chi connectivity index (χ2n) is 9.88. The lowest BCUT2D eigenvalue weighted by molar-refractivity contribution is 0.122. The third-order valence-corrected chi connectivity index (χ3v) is 7.41. The number of fused-ring (bicyclic) bond motifs is 1. The van der Waals surface area contributed by atoms with Crippen LogP contribution in [0.2, 0.25) is 5.02 Å². The fourth-order valence-electron chi connectivity index (χ4n) is 4.85. The Morgan fingerprint density at radius 3 is 2.62 bits per heavy atom. The summed E-state index contributed by atoms with van der Waals surface area (Å²) in [5.41, 5.74) is 4.87. The van der Waals surface area contributed by atoms with Gasteiger partial charge in [0.2, 0.25) is 0 Å². The van der Waals surface area contributed by atoms with Gasteiger partial charge in [0.25, 0.3) is 0 Å². The number of pyridine rings is 1. The largest absolute Gasteiger partial charge is 0.378 e. The van der Waals surface area contributed by atoms with Gasteiger partial charge in [0.1, 0.15) is 23.8 Å². The molecule has 6 rings (SSSR count). The zero-order chi connectivity index (χ0) is 27.5. The average Bonchev–Trinajstić information content (AvgIpc) is 3.40. The summed E-state index contributed by atoms with van der Waals surface area (Å²) >= 11 is 6.24. The van der Waals surface area contributed by atoms with Crippen LogP contribution in [0.25, 0.3) is 11.0 Å². The summed E-state index contributed by atoms with van der Waals surface area (Å²) in [4.78, 5) is 15.8. The van der Waals surface area contributed by atoms with E-state index in [1.807, 2.05) is 10.9 Å². The van der Waals surface area contributed by atoms with Gasteiger partial charge in [-0.25, -0.2) is 19.3 Å². The number of aryl methyl sites for hydroxylation is 1. The fraction of sp³-hybridized carbons (Fsp3) is 0.267. The number of nitrogens with zero attached hydrogens (tertiary/aromatic N) is 6. The fourth-order valence-corrected chi connectivity index (χ4v) is 5.06. The molecule has 3 aromatic heterocycles. The highest BCUT2D eigenvalue weighted by Gasteiger charge is 2.14. The van der Waals surface area contributed by atoms with Gasteiger partial charge >= 0.3 is 0 Å². The van der Waals surface area contributed by atoms with E-state index in [2.05, 4.69) is 67.7 Å². The molecular weight excluding hydrogens is 529 g/mol. The lowest BCUT2D eigenvalue weighted by Crippen LogP contribution is -2.36. The van der Waals surface area contributed by atoms with Crippen molar-refractivity contribution in [3.63, 3.8) is 0 Å². The summed E-state index contributed by atoms with van der Waals surface area (Å²) in [6.45, 7) is 5.73. The van der Waals surface area contributed by atoms with Crippen molar-refractivity contribution in [2.75, 3.05) is 36.5 Å². The molecule has 0 amide bonds. The first kappa shape index (κ1) is 26.2. The SMILES string of the molecule is Cc1ccc(Cl)c(CNc2ncnc3nn(Cc4ccc(Cc5cccc(N6CCOCC6)n5)cc4)cc23)c1F. The topological polar surface area (TPSA) is 81.0 Å². The summed E-state index contributed by atoms with van der Waals surface area (Å²) in [5.74, 6) is 1.27. The molecule has 204 valence electrons. The van der Waals surface area contributed by atoms with Crippen LogP contribution in [0.15, 0.2) is 67.1 Å². The summed E-state index contributed by atoms with van der Waals surface area (Å²) in [7, 11) is 0. The molecule has 0 unspecified atom stereocenters. The van der Waals surface area contributed by atoms with Crippen LogP contribution in [-0.4, -0.2) is 51.0 Å². The van der Waals surface area contributed by atoms with Gasteiger partial charge in [-0.3, -0.25) is 4.68 Å². The van der Waals surface area contributed by atoms with E-state index in [9.17, 15) is 4.39 Å². The molecule has 10 heteroatoms. The number of nitrogens with one attached hydrogen (secondary N) is 1. The number of halogens is 2. The highest BCUT2D eigenvalue weighted by Crippen LogP contribution is 2.25. The zero-order valence-electron chi connectivity index (χ0n) is 22.1. The number of ether oxygens (including phenoxy) is 1. The van der Waals surface area contributed by atoms with Gasteiger partial charge in [0.05, 0.1) is 25.1 Å². The number of rotatable bonds is 8. The number of hydrogen-bond acceptors (Lipinski definition) is 7. The Labute approximate surface area is 236 Å². The van der Waals surface area contributed by atoms with E-state index >= 15 is 0 Å². The smallest absolute Gasteiger partial charge is 0.186 e. The van der Waals surface area contributed by atoms with Crippen molar-refractivity contribution in [1.29, 1.82) is 0 Å². The summed E-state index contributed by atoms with van der Waals surface area (Å²) in [5, 5.41) is 8.95. The Morgan fingerprint density at radius 1 is 1.00 bits per heavy atom. The van der Waals surface area contributed by atoms with Crippen molar-refractivity contribution in [2.45, 2.75) is 26.4 Å². The second kappa shape index (κ2) is 11.6. The summed E-state index contributed by atoms with van der Waals surface area (Å²) in [6.07, 6.45) is 4.12. The number of morpholine rings is 1. The Bertz CT molecular complexity index is 1630. The summed E-state index contributed by atoms with van der Waals surface area (Å²) in [6, 6.07) is 18.1. The zero-order valence-corrected chi connectivity index (χ0v) is 22.9. The molecule has 0 radical (unpaired) electrons. The monoisotopic (exact) mass is 557 g/mol. The van der Waals surface area contributed by atoms with Crippen LogP contribution in [0, 0.1) is 12.7 Å². The van der Waals surface area contributed by atoms with Gasteiger partial charge in [-0.1, -0.05) is 48.0 Å². The first-order valence-electron chi connectivity index (χ1n) is 13.3. The third kappa shape index (κ3) is 5.76. The van der Waals surface area contributed by atoms with E-state index in [4.69, 9.17) is 21.3 Å². The Kier molecular flexibility index (Phi) is 7.57. The Morgan fingerprint density at radius 2 is 1.80 bits per heavy atom. The molecule has 40 heavy (non-hydrogen) atoms. The predicted molar refractivity (Wildman–Crippen MR) is 154 cm³/mol. The van der Waals surface area contributed by atoms with E-state index in [-0.39, 0.29) is 12.4 Å². The Hall–Kier alpha value is -4.08. The molecule has 2 aromatic carbocycles. The van der Waals surface area contributed by atoms with Crippen molar-refractivity contribution in [2.24, 2.45) is 0 Å². The minimum atomic E-state index is -0.315. The molecule has 5 aromatic rings. The van der Waals surface area contributed by atoms with Crippen molar-refractivity contribution < 1.29 is 9.13 Å². The van der Waals surface area contributed by atoms with Crippen molar-refractivity contribution in [1.82, 2.24) is 24.7 Å². The van der Waals surface area contributed by atoms with Crippen LogP contribution in [0.5, 0.6) is 0 Å². The molecular formula is C30H29ClFN7O. The molecule has 8 nitrogen and oxygen atoms in total. The van der Waals surface area contributed by atoms with Gasteiger partial charge in [0.15, 0.2) is 5.65 Å². The van der Waals surface area contributed by atoms with E-state index in [0.717, 1.165) is 55.2 Å². The van der Waals surface area contributed by atoms with E-state index in [1.165, 1.54) is 11.9 Å². The molecule has 1 saturated heterocycles. The molecule has 0 saturated carbocycles. The predicted octanol–water partition coefficient (Wildman–Crippen LogP) is 5.41. The van der Waals surface area contributed by atoms with Crippen molar-refractivity contribution >= 4 is 34.3 Å². The maximum atomic E-state index is 14.6. The number of anilines is 2.